The van der Waals surface area contributed by atoms with Gasteiger partial charge in [0, 0.05) is 5.57 Å². The van der Waals surface area contributed by atoms with Crippen LogP contribution in [0.25, 0.3) is 5.57 Å². The summed E-state index contributed by atoms with van der Waals surface area (Å²) < 4.78 is 15.8. The van der Waals surface area contributed by atoms with E-state index < -0.39 is 17.7 Å². The second-order valence-electron chi connectivity index (χ2n) is 6.78. The zero-order valence-corrected chi connectivity index (χ0v) is 15.6. The third kappa shape index (κ3) is 4.43. The molecule has 0 aliphatic carbocycles. The van der Waals surface area contributed by atoms with Gasteiger partial charge in [0.05, 0.1) is 42.3 Å². The Kier molecular flexibility index (Phi) is 5.73. The lowest BCUT2D eigenvalue weighted by atomic mass is 10.0. The van der Waals surface area contributed by atoms with Crippen molar-refractivity contribution in [1.82, 2.24) is 4.98 Å². The van der Waals surface area contributed by atoms with Gasteiger partial charge in [0.1, 0.15) is 11.3 Å². The molecular formula is C18H23N3O5. The summed E-state index contributed by atoms with van der Waals surface area (Å²) in [5, 5.41) is 12.0. The fourth-order valence-electron chi connectivity index (χ4n) is 2.50. The van der Waals surface area contributed by atoms with E-state index >= 15 is 0 Å². The number of nitrogens with one attached hydrogen (secondary N) is 2. The van der Waals surface area contributed by atoms with Crippen molar-refractivity contribution < 1.29 is 23.8 Å². The van der Waals surface area contributed by atoms with E-state index in [2.05, 4.69) is 16.4 Å². The Balaban J connectivity index is 2.42. The molecule has 0 fully saturated rings. The van der Waals surface area contributed by atoms with Crippen molar-refractivity contribution in [3.63, 3.8) is 0 Å². The van der Waals surface area contributed by atoms with Crippen LogP contribution in [0, 0.1) is 11.3 Å². The summed E-state index contributed by atoms with van der Waals surface area (Å²) in [6, 6.07) is 3.58. The highest BCUT2D eigenvalue weighted by molar-refractivity contribution is 5.96. The highest BCUT2D eigenvalue weighted by Crippen LogP contribution is 2.33. The largest absolute Gasteiger partial charge is 0.461 e. The van der Waals surface area contributed by atoms with Crippen LogP contribution < -0.4 is 5.32 Å². The molecule has 1 aliphatic heterocycles. The van der Waals surface area contributed by atoms with E-state index in [4.69, 9.17) is 14.2 Å². The number of carbonyl (C=O) groups is 2. The van der Waals surface area contributed by atoms with Gasteiger partial charge in [-0.2, -0.15) is 5.26 Å². The molecule has 1 amide bonds. The van der Waals surface area contributed by atoms with Gasteiger partial charge in [-0.05, 0) is 40.7 Å². The molecule has 1 aromatic heterocycles. The van der Waals surface area contributed by atoms with E-state index in [9.17, 15) is 14.9 Å². The fourth-order valence-corrected chi connectivity index (χ4v) is 2.50. The van der Waals surface area contributed by atoms with Crippen LogP contribution in [0.4, 0.5) is 10.5 Å². The summed E-state index contributed by atoms with van der Waals surface area (Å²) in [5.41, 5.74) is 1.27. The smallest absolute Gasteiger partial charge is 0.412 e. The lowest BCUT2D eigenvalue weighted by Gasteiger charge is -2.19. The minimum absolute atomic E-state index is 0.164. The second kappa shape index (κ2) is 7.62. The topological polar surface area (TPSA) is 113 Å². The number of nitriles is 1. The van der Waals surface area contributed by atoms with Gasteiger partial charge in [0.2, 0.25) is 0 Å². The first-order chi connectivity index (χ1) is 12.2. The molecule has 0 aromatic carbocycles. The van der Waals surface area contributed by atoms with Crippen LogP contribution in [0.2, 0.25) is 0 Å². The Hall–Kier alpha value is -2.79. The summed E-state index contributed by atoms with van der Waals surface area (Å²) in [6.07, 6.45) is -1.03. The third-order valence-corrected chi connectivity index (χ3v) is 3.58. The Labute approximate surface area is 152 Å². The summed E-state index contributed by atoms with van der Waals surface area (Å²) >= 11 is 0. The Morgan fingerprint density at radius 1 is 1.46 bits per heavy atom. The number of hydrogen-bond acceptors (Lipinski definition) is 6. The summed E-state index contributed by atoms with van der Waals surface area (Å²) in [6.45, 7) is 9.11. The van der Waals surface area contributed by atoms with Gasteiger partial charge in [-0.15, -0.1) is 0 Å². The molecule has 8 heteroatoms. The van der Waals surface area contributed by atoms with E-state index in [1.165, 1.54) is 6.07 Å². The lowest BCUT2D eigenvalue weighted by molar-refractivity contribution is 0.0519. The van der Waals surface area contributed by atoms with Crippen LogP contribution in [0.3, 0.4) is 0 Å². The van der Waals surface area contributed by atoms with Gasteiger partial charge in [0.15, 0.2) is 0 Å². The van der Waals surface area contributed by atoms with Gasteiger partial charge in [-0.25, -0.2) is 9.59 Å². The number of nitrogens with zero attached hydrogens (tertiary/aromatic N) is 1. The minimum Gasteiger partial charge on any atom is -0.461 e. The predicted molar refractivity (Wildman–Crippen MR) is 94.6 cm³/mol. The number of rotatable bonds is 4. The first-order valence-electron chi connectivity index (χ1n) is 8.31. The van der Waals surface area contributed by atoms with Gasteiger partial charge < -0.3 is 19.2 Å². The van der Waals surface area contributed by atoms with E-state index in [0.29, 0.717) is 22.5 Å². The molecule has 2 heterocycles. The highest BCUT2D eigenvalue weighted by atomic mass is 16.6. The van der Waals surface area contributed by atoms with E-state index in [1.807, 2.05) is 0 Å². The summed E-state index contributed by atoms with van der Waals surface area (Å²) in [7, 11) is 0. The number of ether oxygens (including phenoxy) is 3. The normalized spacial score (nSPS) is 17.0. The van der Waals surface area contributed by atoms with Gasteiger partial charge >= 0.3 is 12.1 Å². The Morgan fingerprint density at radius 2 is 2.15 bits per heavy atom. The monoisotopic (exact) mass is 361 g/mol. The van der Waals surface area contributed by atoms with Crippen molar-refractivity contribution in [3.05, 3.63) is 23.0 Å². The van der Waals surface area contributed by atoms with Crippen LogP contribution in [0.1, 0.15) is 50.8 Å². The van der Waals surface area contributed by atoms with Crippen LogP contribution in [0.5, 0.6) is 0 Å². The zero-order chi connectivity index (χ0) is 19.5. The predicted octanol–water partition coefficient (Wildman–Crippen LogP) is 3.23. The van der Waals surface area contributed by atoms with Crippen molar-refractivity contribution in [1.29, 1.82) is 5.26 Å². The molecule has 8 nitrogen and oxygen atoms in total. The molecule has 26 heavy (non-hydrogen) atoms. The molecule has 0 saturated carbocycles. The van der Waals surface area contributed by atoms with Gasteiger partial charge in [0.25, 0.3) is 0 Å². The maximum atomic E-state index is 12.1. The fraction of sp³-hybridized carbons (Fsp3) is 0.500. The number of carbonyl (C=O) groups excluding carboxylic acids is 2. The quantitative estimate of drug-likeness (QED) is 0.796. The standard InChI is InChI=1S/C18H23N3O5/c1-6-24-16(22)14-7-13(21-17(23)26-18(3,4)5)15(20-14)12-9-25-10(2)11(12)8-19/h7,10,20H,6,9H2,1-5H3,(H,21,23). The average molecular weight is 361 g/mol. The number of hydrogen-bond donors (Lipinski definition) is 2. The molecule has 0 spiro atoms. The first-order valence-corrected chi connectivity index (χ1v) is 8.31. The van der Waals surface area contributed by atoms with Crippen LogP contribution in [0.15, 0.2) is 11.6 Å². The molecule has 0 radical (unpaired) electrons. The number of esters is 1. The molecule has 2 rings (SSSR count). The van der Waals surface area contributed by atoms with Crippen molar-refractivity contribution in [2.75, 3.05) is 18.5 Å². The van der Waals surface area contributed by atoms with E-state index in [0.717, 1.165) is 0 Å². The van der Waals surface area contributed by atoms with Crippen molar-refractivity contribution in [2.45, 2.75) is 46.3 Å². The zero-order valence-electron chi connectivity index (χ0n) is 15.6. The highest BCUT2D eigenvalue weighted by Gasteiger charge is 2.29. The Bertz CT molecular complexity index is 780. The number of aromatic amines is 1. The SMILES string of the molecule is CCOC(=O)c1cc(NC(=O)OC(C)(C)C)c(C2=C(C#N)C(C)OC2)[nH]1. The molecule has 0 saturated heterocycles. The summed E-state index contributed by atoms with van der Waals surface area (Å²) in [5.74, 6) is -0.558. The molecule has 1 aromatic rings. The van der Waals surface area contributed by atoms with E-state index in [1.54, 1.807) is 34.6 Å². The maximum absolute atomic E-state index is 12.1. The first kappa shape index (κ1) is 19.5. The molecule has 1 aliphatic rings. The maximum Gasteiger partial charge on any atom is 0.412 e. The van der Waals surface area contributed by atoms with Crippen LogP contribution in [-0.2, 0) is 14.2 Å². The Morgan fingerprint density at radius 3 is 2.73 bits per heavy atom. The number of aromatic nitrogens is 1. The third-order valence-electron chi connectivity index (χ3n) is 3.58. The lowest BCUT2D eigenvalue weighted by Crippen LogP contribution is -2.27. The number of anilines is 1. The minimum atomic E-state index is -0.674. The van der Waals surface area contributed by atoms with Crippen LogP contribution in [-0.4, -0.2) is 42.0 Å². The van der Waals surface area contributed by atoms with E-state index in [-0.39, 0.29) is 25.0 Å². The molecule has 1 atom stereocenters. The summed E-state index contributed by atoms with van der Waals surface area (Å²) in [4.78, 5) is 27.1. The molecule has 0 bridgehead atoms. The second-order valence-corrected chi connectivity index (χ2v) is 6.78. The molecule has 140 valence electrons. The molecule has 2 N–H and O–H groups in total. The molecular weight excluding hydrogens is 338 g/mol. The van der Waals surface area contributed by atoms with Crippen molar-refractivity contribution >= 4 is 23.3 Å². The van der Waals surface area contributed by atoms with Crippen molar-refractivity contribution in [2.24, 2.45) is 0 Å². The molecule has 1 unspecified atom stereocenters. The average Bonchev–Trinajstić information content (AvgIpc) is 3.08. The van der Waals surface area contributed by atoms with Gasteiger partial charge in [-0.3, -0.25) is 5.32 Å². The van der Waals surface area contributed by atoms with Crippen molar-refractivity contribution in [3.8, 4) is 6.07 Å². The number of amides is 1. The van der Waals surface area contributed by atoms with Gasteiger partial charge in [-0.1, -0.05) is 0 Å². The number of H-pyrrole nitrogens is 1. The van der Waals surface area contributed by atoms with Crippen LogP contribution >= 0.6 is 0 Å².